The van der Waals surface area contributed by atoms with Crippen LogP contribution in [0.2, 0.25) is 0 Å². The lowest BCUT2D eigenvalue weighted by molar-refractivity contribution is -0.122. The van der Waals surface area contributed by atoms with Gasteiger partial charge in [0.25, 0.3) is 5.91 Å². The zero-order valence-electron chi connectivity index (χ0n) is 15.3. The molecular formula is C19H25N5O2S. The second kappa shape index (κ2) is 7.42. The highest BCUT2D eigenvalue weighted by Crippen LogP contribution is 2.43. The van der Waals surface area contributed by atoms with Crippen molar-refractivity contribution in [3.05, 3.63) is 34.3 Å². The first-order valence-corrected chi connectivity index (χ1v) is 10.6. The van der Waals surface area contributed by atoms with Gasteiger partial charge in [-0.2, -0.15) is 11.3 Å². The molecule has 8 heteroatoms. The number of nitrogens with zero attached hydrogens (tertiary/aromatic N) is 3. The molecule has 2 saturated carbocycles. The van der Waals surface area contributed by atoms with Gasteiger partial charge in [0.2, 0.25) is 5.91 Å². The van der Waals surface area contributed by atoms with Gasteiger partial charge in [0.05, 0.1) is 17.8 Å². The smallest absolute Gasteiger partial charge is 0.252 e. The maximum atomic E-state index is 12.6. The molecule has 0 bridgehead atoms. The van der Waals surface area contributed by atoms with Crippen LogP contribution in [0.5, 0.6) is 0 Å². The van der Waals surface area contributed by atoms with E-state index in [1.165, 1.54) is 43.4 Å². The Morgan fingerprint density at radius 3 is 2.74 bits per heavy atom. The van der Waals surface area contributed by atoms with Crippen LogP contribution in [-0.2, 0) is 10.3 Å². The Morgan fingerprint density at radius 1 is 1.33 bits per heavy atom. The summed E-state index contributed by atoms with van der Waals surface area (Å²) >= 11 is 1.50. The van der Waals surface area contributed by atoms with Crippen LogP contribution in [0.15, 0.2) is 23.0 Å². The number of hydrogen-bond donors (Lipinski definition) is 2. The summed E-state index contributed by atoms with van der Waals surface area (Å²) in [5.74, 6) is 0.107. The standard InChI is InChI=1S/C19H25N5O2S/c20-18(26)19(7-8-19)24-11-16(22-23-24)15(10-13-4-2-1-3-5-13)21-17(25)14-6-9-27-12-14/h6,9,11-13,15H,1-5,7-8,10H2,(H2,20,26)(H,21,25). The highest BCUT2D eigenvalue weighted by molar-refractivity contribution is 7.08. The summed E-state index contributed by atoms with van der Waals surface area (Å²) in [6, 6.07) is 1.61. The molecule has 27 heavy (non-hydrogen) atoms. The fraction of sp³-hybridized carbons (Fsp3) is 0.579. The number of thiophene rings is 1. The summed E-state index contributed by atoms with van der Waals surface area (Å²) in [5.41, 5.74) is 6.19. The molecule has 7 nitrogen and oxygen atoms in total. The molecule has 2 aliphatic rings. The Morgan fingerprint density at radius 2 is 2.11 bits per heavy atom. The second-order valence-electron chi connectivity index (χ2n) is 7.76. The molecule has 2 aromatic heterocycles. The molecule has 2 amide bonds. The van der Waals surface area contributed by atoms with Gasteiger partial charge in [-0.05, 0) is 36.6 Å². The third kappa shape index (κ3) is 3.76. The Balaban J connectivity index is 1.54. The van der Waals surface area contributed by atoms with Crippen molar-refractivity contribution >= 4 is 23.2 Å². The van der Waals surface area contributed by atoms with E-state index < -0.39 is 5.54 Å². The number of hydrogen-bond acceptors (Lipinski definition) is 5. The zero-order valence-corrected chi connectivity index (χ0v) is 16.1. The summed E-state index contributed by atoms with van der Waals surface area (Å²) in [4.78, 5) is 24.4. The van der Waals surface area contributed by atoms with E-state index in [0.717, 1.165) is 6.42 Å². The van der Waals surface area contributed by atoms with Gasteiger partial charge in [0, 0.05) is 5.38 Å². The van der Waals surface area contributed by atoms with E-state index in [1.54, 1.807) is 10.9 Å². The van der Waals surface area contributed by atoms with Crippen LogP contribution in [0.4, 0.5) is 0 Å². The van der Waals surface area contributed by atoms with E-state index in [4.69, 9.17) is 5.73 Å². The van der Waals surface area contributed by atoms with Crippen LogP contribution >= 0.6 is 11.3 Å². The number of primary amides is 1. The third-order valence-corrected chi connectivity index (χ3v) is 6.55. The second-order valence-corrected chi connectivity index (χ2v) is 8.54. The zero-order chi connectivity index (χ0) is 18.9. The maximum Gasteiger partial charge on any atom is 0.252 e. The number of nitrogens with one attached hydrogen (secondary N) is 1. The monoisotopic (exact) mass is 387 g/mol. The first kappa shape index (κ1) is 18.2. The van der Waals surface area contributed by atoms with Crippen molar-refractivity contribution in [3.63, 3.8) is 0 Å². The highest BCUT2D eigenvalue weighted by atomic mass is 32.1. The molecule has 0 saturated heterocycles. The van der Waals surface area contributed by atoms with Crippen LogP contribution in [0.3, 0.4) is 0 Å². The molecule has 1 unspecified atom stereocenters. The van der Waals surface area contributed by atoms with E-state index in [1.807, 2.05) is 16.8 Å². The lowest BCUT2D eigenvalue weighted by atomic mass is 9.84. The minimum absolute atomic E-state index is 0.0948. The van der Waals surface area contributed by atoms with Crippen LogP contribution in [0, 0.1) is 5.92 Å². The molecule has 0 aromatic carbocycles. The molecular weight excluding hydrogens is 362 g/mol. The molecule has 4 rings (SSSR count). The van der Waals surface area contributed by atoms with Gasteiger partial charge in [-0.25, -0.2) is 4.68 Å². The Bertz CT molecular complexity index is 806. The molecule has 1 atom stereocenters. The van der Waals surface area contributed by atoms with Gasteiger partial charge in [-0.15, -0.1) is 5.10 Å². The predicted molar refractivity (Wildman–Crippen MR) is 102 cm³/mol. The van der Waals surface area contributed by atoms with Crippen molar-refractivity contribution in [1.82, 2.24) is 20.3 Å². The Hall–Kier alpha value is -2.22. The molecule has 2 heterocycles. The first-order chi connectivity index (χ1) is 13.1. The predicted octanol–water partition coefficient (Wildman–Crippen LogP) is 2.76. The number of aromatic nitrogens is 3. The van der Waals surface area contributed by atoms with Crippen molar-refractivity contribution in [2.45, 2.75) is 62.9 Å². The third-order valence-electron chi connectivity index (χ3n) is 5.87. The average molecular weight is 388 g/mol. The number of carbonyl (C=O) groups is 2. The normalized spacial score (nSPS) is 20.1. The van der Waals surface area contributed by atoms with Gasteiger partial charge in [0.15, 0.2) is 0 Å². The van der Waals surface area contributed by atoms with E-state index in [-0.39, 0.29) is 17.9 Å². The maximum absolute atomic E-state index is 12.6. The lowest BCUT2D eigenvalue weighted by Crippen LogP contribution is -2.34. The SMILES string of the molecule is NC(=O)C1(n2cc(C(CC3CCCCC3)NC(=O)c3ccsc3)nn2)CC1. The molecule has 2 aromatic rings. The number of amides is 2. The fourth-order valence-corrected chi connectivity index (χ4v) is 4.63. The largest absolute Gasteiger partial charge is 0.368 e. The van der Waals surface area contributed by atoms with Crippen molar-refractivity contribution < 1.29 is 9.59 Å². The molecule has 3 N–H and O–H groups in total. The van der Waals surface area contributed by atoms with Crippen LogP contribution < -0.4 is 11.1 Å². The minimum Gasteiger partial charge on any atom is -0.368 e. The van der Waals surface area contributed by atoms with Gasteiger partial charge >= 0.3 is 0 Å². The van der Waals surface area contributed by atoms with E-state index in [2.05, 4.69) is 15.6 Å². The summed E-state index contributed by atoms with van der Waals surface area (Å²) in [6.45, 7) is 0. The summed E-state index contributed by atoms with van der Waals surface area (Å²) in [7, 11) is 0. The first-order valence-electron chi connectivity index (χ1n) is 9.64. The molecule has 0 spiro atoms. The minimum atomic E-state index is -0.724. The van der Waals surface area contributed by atoms with Crippen molar-refractivity contribution in [3.8, 4) is 0 Å². The lowest BCUT2D eigenvalue weighted by Gasteiger charge is -2.26. The number of nitrogens with two attached hydrogens (primary N) is 1. The van der Waals surface area contributed by atoms with Gasteiger partial charge < -0.3 is 11.1 Å². The van der Waals surface area contributed by atoms with Crippen LogP contribution in [-0.4, -0.2) is 26.8 Å². The van der Waals surface area contributed by atoms with E-state index in [0.29, 0.717) is 30.0 Å². The molecule has 0 radical (unpaired) electrons. The molecule has 2 aliphatic carbocycles. The summed E-state index contributed by atoms with van der Waals surface area (Å²) in [5, 5.41) is 15.3. The fourth-order valence-electron chi connectivity index (χ4n) is 4.00. The van der Waals surface area contributed by atoms with Gasteiger partial charge in [-0.3, -0.25) is 9.59 Å². The van der Waals surface area contributed by atoms with Crippen LogP contribution in [0.25, 0.3) is 0 Å². The van der Waals surface area contributed by atoms with Gasteiger partial charge in [-0.1, -0.05) is 37.3 Å². The van der Waals surface area contributed by atoms with E-state index in [9.17, 15) is 9.59 Å². The van der Waals surface area contributed by atoms with Crippen molar-refractivity contribution in [2.75, 3.05) is 0 Å². The van der Waals surface area contributed by atoms with Crippen LogP contribution in [0.1, 0.15) is 73.5 Å². The molecule has 0 aliphatic heterocycles. The molecule has 144 valence electrons. The number of carbonyl (C=O) groups excluding carboxylic acids is 2. The summed E-state index contributed by atoms with van der Waals surface area (Å²) < 4.78 is 1.59. The van der Waals surface area contributed by atoms with Gasteiger partial charge in [0.1, 0.15) is 11.2 Å². The topological polar surface area (TPSA) is 103 Å². The Labute approximate surface area is 162 Å². The van der Waals surface area contributed by atoms with E-state index >= 15 is 0 Å². The van der Waals surface area contributed by atoms with Crippen molar-refractivity contribution in [2.24, 2.45) is 11.7 Å². The average Bonchev–Trinajstić information content (AvgIpc) is 3.10. The quantitative estimate of drug-likeness (QED) is 0.762. The summed E-state index contributed by atoms with van der Waals surface area (Å²) in [6.07, 6.45) is 10.2. The highest BCUT2D eigenvalue weighted by Gasteiger charge is 2.52. The number of rotatable bonds is 7. The Kier molecular flexibility index (Phi) is 4.99. The molecule has 2 fully saturated rings. The van der Waals surface area contributed by atoms with Crippen molar-refractivity contribution in [1.29, 1.82) is 0 Å².